The third kappa shape index (κ3) is 5.70. The monoisotopic (exact) mass is 363 g/mol. The summed E-state index contributed by atoms with van der Waals surface area (Å²) in [5.41, 5.74) is 0. The van der Waals surface area contributed by atoms with Crippen LogP contribution in [0.5, 0.6) is 0 Å². The van der Waals surface area contributed by atoms with E-state index >= 15 is 0 Å². The van der Waals surface area contributed by atoms with E-state index in [1.54, 1.807) is 0 Å². The van der Waals surface area contributed by atoms with Gasteiger partial charge in [0.05, 0.1) is 5.92 Å². The van der Waals surface area contributed by atoms with Gasteiger partial charge < -0.3 is 15.1 Å². The van der Waals surface area contributed by atoms with Crippen molar-refractivity contribution in [2.24, 2.45) is 5.92 Å². The zero-order valence-electron chi connectivity index (χ0n) is 16.4. The van der Waals surface area contributed by atoms with Gasteiger partial charge in [-0.05, 0) is 64.6 Å². The van der Waals surface area contributed by atoms with Gasteiger partial charge in [-0.3, -0.25) is 9.59 Å². The Labute approximate surface area is 158 Å². The van der Waals surface area contributed by atoms with Gasteiger partial charge in [0.2, 0.25) is 11.8 Å². The number of piperidine rings is 1. The van der Waals surface area contributed by atoms with E-state index in [9.17, 15) is 9.59 Å². The van der Waals surface area contributed by atoms with E-state index in [0.29, 0.717) is 19.0 Å². The first-order valence-corrected chi connectivity index (χ1v) is 11.0. The quantitative estimate of drug-likeness (QED) is 0.708. The zero-order valence-corrected chi connectivity index (χ0v) is 16.4. The molecule has 1 atom stereocenters. The Balaban J connectivity index is 1.32. The van der Waals surface area contributed by atoms with Crippen LogP contribution in [-0.2, 0) is 9.59 Å². The maximum atomic E-state index is 12.5. The normalized spacial score (nSPS) is 26.1. The van der Waals surface area contributed by atoms with Crippen LogP contribution in [0.15, 0.2) is 0 Å². The molecule has 0 bridgehead atoms. The molecule has 0 aromatic carbocycles. The Kier molecular flexibility index (Phi) is 7.78. The lowest BCUT2D eigenvalue weighted by Gasteiger charge is -2.36. The Morgan fingerprint density at radius 1 is 0.962 bits per heavy atom. The van der Waals surface area contributed by atoms with Gasteiger partial charge in [-0.25, -0.2) is 0 Å². The summed E-state index contributed by atoms with van der Waals surface area (Å²) in [5, 5.41) is 3.13. The number of rotatable bonds is 7. The van der Waals surface area contributed by atoms with Crippen LogP contribution in [0.4, 0.5) is 0 Å². The van der Waals surface area contributed by atoms with Crippen molar-refractivity contribution in [2.45, 2.75) is 83.1 Å². The van der Waals surface area contributed by atoms with Crippen molar-refractivity contribution in [3.8, 4) is 0 Å². The molecule has 3 rings (SSSR count). The summed E-state index contributed by atoms with van der Waals surface area (Å²) in [6, 6.07) is 0.395. The van der Waals surface area contributed by atoms with E-state index in [4.69, 9.17) is 0 Å². The van der Waals surface area contributed by atoms with Crippen LogP contribution in [0.2, 0.25) is 0 Å². The van der Waals surface area contributed by atoms with E-state index in [-0.39, 0.29) is 17.7 Å². The topological polar surface area (TPSA) is 52.7 Å². The molecule has 5 nitrogen and oxygen atoms in total. The third-order valence-electron chi connectivity index (χ3n) is 6.48. The highest BCUT2D eigenvalue weighted by molar-refractivity contribution is 5.84. The van der Waals surface area contributed by atoms with Gasteiger partial charge >= 0.3 is 0 Å². The first-order valence-electron chi connectivity index (χ1n) is 11.0. The number of carbonyl (C=O) groups is 2. The Morgan fingerprint density at radius 2 is 1.69 bits per heavy atom. The van der Waals surface area contributed by atoms with Crippen LogP contribution in [0, 0.1) is 5.92 Å². The third-order valence-corrected chi connectivity index (χ3v) is 6.48. The molecule has 1 aliphatic carbocycles. The van der Waals surface area contributed by atoms with Gasteiger partial charge in [0.15, 0.2) is 0 Å². The summed E-state index contributed by atoms with van der Waals surface area (Å²) >= 11 is 0. The molecule has 0 aromatic rings. The van der Waals surface area contributed by atoms with Crippen molar-refractivity contribution >= 4 is 11.8 Å². The molecule has 0 spiro atoms. The van der Waals surface area contributed by atoms with Gasteiger partial charge in [0, 0.05) is 25.6 Å². The number of nitrogens with one attached hydrogen (secondary N) is 1. The lowest BCUT2D eigenvalue weighted by atomic mass is 9.95. The molecule has 2 aliphatic heterocycles. The number of amides is 2. The molecule has 2 amide bonds. The average Bonchev–Trinajstić information content (AvgIpc) is 3.06. The maximum Gasteiger partial charge on any atom is 0.224 e. The smallest absolute Gasteiger partial charge is 0.224 e. The van der Waals surface area contributed by atoms with Crippen LogP contribution in [0.1, 0.15) is 77.0 Å². The molecular formula is C21H37N3O2. The van der Waals surface area contributed by atoms with Crippen LogP contribution < -0.4 is 5.32 Å². The standard InChI is InChI=1S/C21H37N3O2/c25-20-12-11-18(17-24(20)19-9-3-4-10-19)21(26)22-13-5-8-16-23-14-6-1-2-7-15-23/h18-19H,1-17H2,(H,22,26)/t18-/m0/s1. The van der Waals surface area contributed by atoms with Crippen molar-refractivity contribution in [1.82, 2.24) is 15.1 Å². The SMILES string of the molecule is O=C(NCCCCN1CCCCCC1)[C@H]1CCC(=O)N(C2CCCC2)C1. The molecule has 0 radical (unpaired) electrons. The second kappa shape index (κ2) is 10.3. The van der Waals surface area contributed by atoms with Crippen LogP contribution >= 0.6 is 0 Å². The Morgan fingerprint density at radius 3 is 2.42 bits per heavy atom. The molecular weight excluding hydrogens is 326 g/mol. The molecule has 1 N–H and O–H groups in total. The van der Waals surface area contributed by atoms with Crippen molar-refractivity contribution in [3.63, 3.8) is 0 Å². The molecule has 26 heavy (non-hydrogen) atoms. The van der Waals surface area contributed by atoms with E-state index in [1.807, 2.05) is 4.90 Å². The fourth-order valence-electron chi connectivity index (χ4n) is 4.83. The van der Waals surface area contributed by atoms with Crippen molar-refractivity contribution in [2.75, 3.05) is 32.7 Å². The summed E-state index contributed by atoms with van der Waals surface area (Å²) in [7, 11) is 0. The molecule has 2 heterocycles. The highest BCUT2D eigenvalue weighted by atomic mass is 16.2. The second-order valence-corrected chi connectivity index (χ2v) is 8.47. The fourth-order valence-corrected chi connectivity index (χ4v) is 4.83. The van der Waals surface area contributed by atoms with Crippen molar-refractivity contribution in [1.29, 1.82) is 0 Å². The lowest BCUT2D eigenvalue weighted by molar-refractivity contribution is -0.140. The first-order chi connectivity index (χ1) is 12.7. The number of carbonyl (C=O) groups excluding carboxylic acids is 2. The first kappa shape index (κ1) is 19.7. The van der Waals surface area contributed by atoms with Gasteiger partial charge in [0.1, 0.15) is 0 Å². The van der Waals surface area contributed by atoms with E-state index in [1.165, 1.54) is 58.2 Å². The van der Waals surface area contributed by atoms with Gasteiger partial charge in [-0.15, -0.1) is 0 Å². The molecule has 3 fully saturated rings. The molecule has 0 unspecified atom stereocenters. The minimum Gasteiger partial charge on any atom is -0.356 e. The van der Waals surface area contributed by atoms with Crippen LogP contribution in [0.3, 0.4) is 0 Å². The van der Waals surface area contributed by atoms with Gasteiger partial charge in [-0.2, -0.15) is 0 Å². The fraction of sp³-hybridized carbons (Fsp3) is 0.905. The highest BCUT2D eigenvalue weighted by Crippen LogP contribution is 2.28. The van der Waals surface area contributed by atoms with E-state index in [0.717, 1.165) is 38.6 Å². The molecule has 0 aromatic heterocycles. The highest BCUT2D eigenvalue weighted by Gasteiger charge is 2.34. The van der Waals surface area contributed by atoms with E-state index < -0.39 is 0 Å². The number of hydrogen-bond acceptors (Lipinski definition) is 3. The molecule has 2 saturated heterocycles. The summed E-state index contributed by atoms with van der Waals surface area (Å²) in [6.07, 6.45) is 13.6. The van der Waals surface area contributed by atoms with Crippen molar-refractivity contribution < 1.29 is 9.59 Å². The zero-order chi connectivity index (χ0) is 18.2. The van der Waals surface area contributed by atoms with Gasteiger partial charge in [0.25, 0.3) is 0 Å². The Bertz CT molecular complexity index is 454. The number of unbranched alkanes of at least 4 members (excludes halogenated alkanes) is 1. The molecule has 148 valence electrons. The maximum absolute atomic E-state index is 12.5. The molecule has 3 aliphatic rings. The summed E-state index contributed by atoms with van der Waals surface area (Å²) in [4.78, 5) is 29.3. The number of likely N-dealkylation sites (tertiary alicyclic amines) is 2. The number of hydrogen-bond donors (Lipinski definition) is 1. The average molecular weight is 364 g/mol. The minimum absolute atomic E-state index is 0.00101. The second-order valence-electron chi connectivity index (χ2n) is 8.47. The Hall–Kier alpha value is -1.10. The summed E-state index contributed by atoms with van der Waals surface area (Å²) < 4.78 is 0. The van der Waals surface area contributed by atoms with E-state index in [2.05, 4.69) is 10.2 Å². The number of nitrogens with zero attached hydrogens (tertiary/aromatic N) is 2. The lowest BCUT2D eigenvalue weighted by Crippen LogP contribution is -2.49. The predicted molar refractivity (Wildman–Crippen MR) is 104 cm³/mol. The summed E-state index contributed by atoms with van der Waals surface area (Å²) in [6.45, 7) is 5.09. The minimum atomic E-state index is -0.00101. The van der Waals surface area contributed by atoms with Crippen LogP contribution in [-0.4, -0.2) is 60.4 Å². The van der Waals surface area contributed by atoms with Gasteiger partial charge in [-0.1, -0.05) is 25.7 Å². The summed E-state index contributed by atoms with van der Waals surface area (Å²) in [5.74, 6) is 0.424. The largest absolute Gasteiger partial charge is 0.356 e. The molecule has 1 saturated carbocycles. The van der Waals surface area contributed by atoms with Crippen molar-refractivity contribution in [3.05, 3.63) is 0 Å². The van der Waals surface area contributed by atoms with Crippen LogP contribution in [0.25, 0.3) is 0 Å². The molecule has 5 heteroatoms. The predicted octanol–water partition coefficient (Wildman–Crippen LogP) is 2.94.